The molecule has 2 rings (SSSR count). The Hall–Kier alpha value is -2.15. The van der Waals surface area contributed by atoms with Gasteiger partial charge in [-0.25, -0.2) is 4.79 Å². The minimum absolute atomic E-state index is 0.137. The number of amides is 1. The van der Waals surface area contributed by atoms with E-state index in [2.05, 4.69) is 4.90 Å². The van der Waals surface area contributed by atoms with Gasteiger partial charge in [0.15, 0.2) is 0 Å². The van der Waals surface area contributed by atoms with E-state index in [9.17, 15) is 14.9 Å². The first-order chi connectivity index (χ1) is 9.00. The molecule has 0 atom stereocenters. The molecule has 0 aromatic heterocycles. The highest BCUT2D eigenvalue weighted by Gasteiger charge is 2.16. The standard InChI is InChI=1S/C6H12N2O2.C6H5NO2/c1-7-2-4-8(5-3-7)6(9)10;8-7(9)6-4-2-1-3-5-6/h2-5H2,1H3,(H,9,10);1-5H. The third-order valence-electron chi connectivity index (χ3n) is 2.74. The fourth-order valence-electron chi connectivity index (χ4n) is 1.55. The molecule has 1 fully saturated rings. The first kappa shape index (κ1) is 14.9. The predicted octanol–water partition coefficient (Wildman–Crippen LogP) is 1.51. The van der Waals surface area contributed by atoms with Crippen LogP contribution in [0.15, 0.2) is 30.3 Å². The van der Waals surface area contributed by atoms with E-state index in [1.807, 2.05) is 7.05 Å². The summed E-state index contributed by atoms with van der Waals surface area (Å²) in [5, 5.41) is 18.5. The Bertz CT molecular complexity index is 416. The van der Waals surface area contributed by atoms with Crippen LogP contribution in [0.3, 0.4) is 0 Å². The second-order valence-electron chi connectivity index (χ2n) is 4.17. The molecule has 1 heterocycles. The van der Waals surface area contributed by atoms with E-state index in [1.165, 1.54) is 17.0 Å². The van der Waals surface area contributed by atoms with Crippen LogP contribution in [0.1, 0.15) is 0 Å². The largest absolute Gasteiger partial charge is 0.465 e. The number of likely N-dealkylation sites (N-methyl/N-ethyl adjacent to an activating group) is 1. The molecule has 0 aliphatic carbocycles. The number of piperazine rings is 1. The molecule has 1 aliphatic rings. The lowest BCUT2D eigenvalue weighted by atomic mass is 10.3. The van der Waals surface area contributed by atoms with Gasteiger partial charge < -0.3 is 14.9 Å². The fourth-order valence-corrected chi connectivity index (χ4v) is 1.55. The van der Waals surface area contributed by atoms with Crippen molar-refractivity contribution in [2.75, 3.05) is 33.2 Å². The van der Waals surface area contributed by atoms with Gasteiger partial charge in [0, 0.05) is 38.3 Å². The number of carboxylic acid groups (broad SMARTS) is 1. The van der Waals surface area contributed by atoms with Crippen LogP contribution >= 0.6 is 0 Å². The van der Waals surface area contributed by atoms with Gasteiger partial charge in [-0.1, -0.05) is 18.2 Å². The van der Waals surface area contributed by atoms with E-state index in [0.29, 0.717) is 13.1 Å². The van der Waals surface area contributed by atoms with E-state index in [1.54, 1.807) is 18.2 Å². The van der Waals surface area contributed by atoms with Gasteiger partial charge in [0.1, 0.15) is 0 Å². The molecule has 104 valence electrons. The Morgan fingerprint density at radius 2 is 1.74 bits per heavy atom. The van der Waals surface area contributed by atoms with Gasteiger partial charge in [0.2, 0.25) is 0 Å². The van der Waals surface area contributed by atoms with Gasteiger partial charge >= 0.3 is 6.09 Å². The zero-order valence-electron chi connectivity index (χ0n) is 10.7. The monoisotopic (exact) mass is 267 g/mol. The maximum atomic E-state index is 10.4. The van der Waals surface area contributed by atoms with Crippen molar-refractivity contribution in [1.29, 1.82) is 0 Å². The third-order valence-corrected chi connectivity index (χ3v) is 2.74. The summed E-state index contributed by atoms with van der Waals surface area (Å²) in [7, 11) is 2.00. The molecule has 1 aromatic carbocycles. The van der Waals surface area contributed by atoms with Crippen LogP contribution in [0.5, 0.6) is 0 Å². The molecule has 0 saturated carbocycles. The van der Waals surface area contributed by atoms with Crippen LogP contribution < -0.4 is 0 Å². The normalized spacial score (nSPS) is 15.3. The fraction of sp³-hybridized carbons (Fsp3) is 0.417. The molecular formula is C12H17N3O4. The van der Waals surface area contributed by atoms with Gasteiger partial charge in [-0.05, 0) is 7.05 Å². The molecule has 7 heteroatoms. The molecule has 7 nitrogen and oxygen atoms in total. The maximum Gasteiger partial charge on any atom is 0.407 e. The number of non-ortho nitro benzene ring substituents is 1. The highest BCUT2D eigenvalue weighted by Crippen LogP contribution is 2.06. The first-order valence-electron chi connectivity index (χ1n) is 5.86. The first-order valence-corrected chi connectivity index (χ1v) is 5.86. The van der Waals surface area contributed by atoms with Crippen molar-refractivity contribution in [2.24, 2.45) is 0 Å². The van der Waals surface area contributed by atoms with Crippen molar-refractivity contribution >= 4 is 11.8 Å². The number of hydrogen-bond acceptors (Lipinski definition) is 4. The molecule has 19 heavy (non-hydrogen) atoms. The minimum atomic E-state index is -0.798. The predicted molar refractivity (Wildman–Crippen MR) is 70.2 cm³/mol. The highest BCUT2D eigenvalue weighted by molar-refractivity contribution is 5.65. The number of nitro benzene ring substituents is 1. The highest BCUT2D eigenvalue weighted by atomic mass is 16.6. The van der Waals surface area contributed by atoms with Crippen molar-refractivity contribution in [3.63, 3.8) is 0 Å². The number of nitrogens with zero attached hydrogens (tertiary/aromatic N) is 3. The summed E-state index contributed by atoms with van der Waals surface area (Å²) in [6, 6.07) is 7.93. The summed E-state index contributed by atoms with van der Waals surface area (Å²) in [5.41, 5.74) is 0.137. The zero-order chi connectivity index (χ0) is 14.3. The number of para-hydroxylation sites is 1. The van der Waals surface area contributed by atoms with Gasteiger partial charge in [-0.3, -0.25) is 10.1 Å². The summed E-state index contributed by atoms with van der Waals surface area (Å²) in [4.78, 5) is 23.5. The van der Waals surface area contributed by atoms with E-state index in [4.69, 9.17) is 5.11 Å². The number of nitro groups is 1. The zero-order valence-corrected chi connectivity index (χ0v) is 10.7. The van der Waals surface area contributed by atoms with Crippen LogP contribution in [0.2, 0.25) is 0 Å². The van der Waals surface area contributed by atoms with Gasteiger partial charge in [0.05, 0.1) is 4.92 Å². The quantitative estimate of drug-likeness (QED) is 0.615. The molecule has 0 unspecified atom stereocenters. The summed E-state index contributed by atoms with van der Waals surface area (Å²) >= 11 is 0. The van der Waals surface area contributed by atoms with E-state index < -0.39 is 11.0 Å². The second-order valence-corrected chi connectivity index (χ2v) is 4.17. The van der Waals surface area contributed by atoms with Crippen LogP contribution in [-0.4, -0.2) is 59.1 Å². The Kier molecular flexibility index (Phi) is 5.74. The molecule has 1 N–H and O–H groups in total. The Balaban J connectivity index is 0.000000191. The molecule has 0 radical (unpaired) electrons. The number of hydrogen-bond donors (Lipinski definition) is 1. The van der Waals surface area contributed by atoms with Crippen molar-refractivity contribution in [3.8, 4) is 0 Å². The summed E-state index contributed by atoms with van der Waals surface area (Å²) in [5.74, 6) is 0. The average Bonchev–Trinajstić information content (AvgIpc) is 2.41. The lowest BCUT2D eigenvalue weighted by Crippen LogP contribution is -2.46. The number of rotatable bonds is 1. The Morgan fingerprint density at radius 1 is 1.21 bits per heavy atom. The second kappa shape index (κ2) is 7.32. The number of benzene rings is 1. The maximum absolute atomic E-state index is 10.4. The van der Waals surface area contributed by atoms with Crippen LogP contribution in [0.4, 0.5) is 10.5 Å². The van der Waals surface area contributed by atoms with E-state index in [-0.39, 0.29) is 5.69 Å². The van der Waals surface area contributed by atoms with Crippen molar-refractivity contribution in [3.05, 3.63) is 40.4 Å². The molecule has 1 amide bonds. The molecule has 0 bridgehead atoms. The van der Waals surface area contributed by atoms with Crippen LogP contribution in [0, 0.1) is 10.1 Å². The van der Waals surface area contributed by atoms with E-state index >= 15 is 0 Å². The van der Waals surface area contributed by atoms with Crippen molar-refractivity contribution in [2.45, 2.75) is 0 Å². The Morgan fingerprint density at radius 3 is 2.11 bits per heavy atom. The lowest BCUT2D eigenvalue weighted by molar-refractivity contribution is -0.384. The molecule has 0 spiro atoms. The van der Waals surface area contributed by atoms with Gasteiger partial charge in [-0.15, -0.1) is 0 Å². The van der Waals surface area contributed by atoms with Gasteiger partial charge in [-0.2, -0.15) is 0 Å². The molecule has 1 aromatic rings. The van der Waals surface area contributed by atoms with Crippen molar-refractivity contribution in [1.82, 2.24) is 9.80 Å². The van der Waals surface area contributed by atoms with Gasteiger partial charge in [0.25, 0.3) is 5.69 Å². The van der Waals surface area contributed by atoms with Crippen LogP contribution in [-0.2, 0) is 0 Å². The van der Waals surface area contributed by atoms with Crippen molar-refractivity contribution < 1.29 is 14.8 Å². The molecule has 1 aliphatic heterocycles. The Labute approximate surface area is 111 Å². The lowest BCUT2D eigenvalue weighted by Gasteiger charge is -2.30. The summed E-state index contributed by atoms with van der Waals surface area (Å²) < 4.78 is 0. The topological polar surface area (TPSA) is 86.9 Å². The minimum Gasteiger partial charge on any atom is -0.465 e. The summed E-state index contributed by atoms with van der Waals surface area (Å²) in [6.45, 7) is 3.00. The van der Waals surface area contributed by atoms with Crippen LogP contribution in [0.25, 0.3) is 0 Å². The SMILES string of the molecule is CN1CCN(C(=O)O)CC1.O=[N+]([O-])c1ccccc1. The number of carbonyl (C=O) groups is 1. The van der Waals surface area contributed by atoms with E-state index in [0.717, 1.165) is 13.1 Å². The average molecular weight is 267 g/mol. The molecule has 1 saturated heterocycles. The smallest absolute Gasteiger partial charge is 0.407 e. The summed E-state index contributed by atoms with van der Waals surface area (Å²) in [6.07, 6.45) is -0.798. The third kappa shape index (κ3) is 5.35. The molecular weight excluding hydrogens is 250 g/mol.